The number of amides is 3. The Hall–Kier alpha value is -3.35. The van der Waals surface area contributed by atoms with Crippen molar-refractivity contribution in [1.82, 2.24) is 10.6 Å². The smallest absolute Gasteiger partial charge is 0.408 e. The first kappa shape index (κ1) is 25.9. The van der Waals surface area contributed by atoms with Gasteiger partial charge in [0, 0.05) is 6.42 Å². The largest absolute Gasteiger partial charge is 0.445 e. The first-order valence-corrected chi connectivity index (χ1v) is 11.1. The van der Waals surface area contributed by atoms with Crippen LogP contribution in [-0.4, -0.2) is 30.0 Å². The third-order valence-electron chi connectivity index (χ3n) is 5.35. The van der Waals surface area contributed by atoms with E-state index in [1.807, 2.05) is 54.6 Å². The number of rotatable bonds is 9. The fourth-order valence-electron chi connectivity index (χ4n) is 3.29. The first-order chi connectivity index (χ1) is 15.5. The van der Waals surface area contributed by atoms with Crippen molar-refractivity contribution in [3.63, 3.8) is 0 Å². The summed E-state index contributed by atoms with van der Waals surface area (Å²) in [6.07, 6.45) is -0.449. The summed E-state index contributed by atoms with van der Waals surface area (Å²) in [4.78, 5) is 37.2. The van der Waals surface area contributed by atoms with Crippen LogP contribution in [0.2, 0.25) is 0 Å². The number of carbonyl (C=O) groups is 3. The third-order valence-corrected chi connectivity index (χ3v) is 5.35. The minimum absolute atomic E-state index is 0.0150. The molecule has 0 saturated heterocycles. The number of primary amides is 1. The van der Waals surface area contributed by atoms with Gasteiger partial charge in [-0.3, -0.25) is 9.59 Å². The molecule has 7 heteroatoms. The lowest BCUT2D eigenvalue weighted by Crippen LogP contribution is -2.55. The molecule has 0 aliphatic carbocycles. The zero-order valence-corrected chi connectivity index (χ0v) is 20.1. The summed E-state index contributed by atoms with van der Waals surface area (Å²) in [5.74, 6) is -1.36. The second-order valence-corrected chi connectivity index (χ2v) is 9.54. The lowest BCUT2D eigenvalue weighted by Gasteiger charge is -2.24. The summed E-state index contributed by atoms with van der Waals surface area (Å²) in [6, 6.07) is 15.4. The van der Waals surface area contributed by atoms with E-state index < -0.39 is 30.0 Å². The van der Waals surface area contributed by atoms with E-state index in [4.69, 9.17) is 10.5 Å². The van der Waals surface area contributed by atoms with E-state index in [2.05, 4.69) is 31.4 Å². The number of alkyl carbamates (subject to hydrolysis) is 1. The lowest BCUT2D eigenvalue weighted by atomic mass is 9.86. The van der Waals surface area contributed by atoms with Gasteiger partial charge in [-0.15, -0.1) is 0 Å². The van der Waals surface area contributed by atoms with E-state index in [9.17, 15) is 14.4 Å². The molecule has 0 radical (unpaired) electrons. The molecule has 2 rings (SSSR count). The number of benzene rings is 2. The van der Waals surface area contributed by atoms with Gasteiger partial charge in [0.2, 0.25) is 11.8 Å². The van der Waals surface area contributed by atoms with E-state index in [0.29, 0.717) is 0 Å². The van der Waals surface area contributed by atoms with Gasteiger partial charge in [-0.05, 0) is 28.0 Å². The van der Waals surface area contributed by atoms with Crippen LogP contribution in [0.15, 0.2) is 54.6 Å². The Kier molecular flexibility index (Phi) is 9.02. The van der Waals surface area contributed by atoms with Crippen molar-refractivity contribution in [2.45, 2.75) is 65.1 Å². The molecule has 2 aromatic carbocycles. The molecular formula is C26H35N3O4. The van der Waals surface area contributed by atoms with E-state index in [0.717, 1.165) is 11.1 Å². The van der Waals surface area contributed by atoms with Crippen LogP contribution in [0.5, 0.6) is 0 Å². The maximum absolute atomic E-state index is 12.9. The summed E-state index contributed by atoms with van der Waals surface area (Å²) < 4.78 is 5.22. The van der Waals surface area contributed by atoms with E-state index in [1.165, 1.54) is 5.56 Å². The summed E-state index contributed by atoms with van der Waals surface area (Å²) in [7, 11) is 0. The molecule has 0 saturated carbocycles. The van der Waals surface area contributed by atoms with Gasteiger partial charge in [0.1, 0.15) is 18.7 Å². The highest BCUT2D eigenvalue weighted by molar-refractivity contribution is 5.91. The number of nitrogens with one attached hydrogen (secondary N) is 2. The molecule has 0 fully saturated rings. The highest BCUT2D eigenvalue weighted by Gasteiger charge is 2.28. The molecule has 178 valence electrons. The van der Waals surface area contributed by atoms with Crippen LogP contribution in [0.1, 0.15) is 51.3 Å². The SMILES string of the molecule is CC(C)[C@H](NC(=O)OCc1ccccc1)C(=O)N[C@@H](Cc1ccc(C(C)(C)C)cc1)C(N)=O. The van der Waals surface area contributed by atoms with Gasteiger partial charge in [-0.1, -0.05) is 89.2 Å². The Labute approximate surface area is 196 Å². The average Bonchev–Trinajstić information content (AvgIpc) is 2.75. The van der Waals surface area contributed by atoms with Crippen molar-refractivity contribution in [1.29, 1.82) is 0 Å². The van der Waals surface area contributed by atoms with Crippen LogP contribution in [0, 0.1) is 5.92 Å². The lowest BCUT2D eigenvalue weighted by molar-refractivity contribution is -0.129. The van der Waals surface area contributed by atoms with Gasteiger partial charge in [0.05, 0.1) is 0 Å². The summed E-state index contributed by atoms with van der Waals surface area (Å²) in [6.45, 7) is 10.1. The zero-order valence-electron chi connectivity index (χ0n) is 20.1. The van der Waals surface area contributed by atoms with Gasteiger partial charge >= 0.3 is 6.09 Å². The third kappa shape index (κ3) is 8.25. The predicted molar refractivity (Wildman–Crippen MR) is 128 cm³/mol. The highest BCUT2D eigenvalue weighted by Crippen LogP contribution is 2.22. The fraction of sp³-hybridized carbons (Fsp3) is 0.423. The molecule has 0 heterocycles. The van der Waals surface area contributed by atoms with Crippen LogP contribution in [0.3, 0.4) is 0 Å². The average molecular weight is 454 g/mol. The van der Waals surface area contributed by atoms with Crippen LogP contribution in [-0.2, 0) is 32.8 Å². The normalized spacial score (nSPS) is 13.2. The number of hydrogen-bond acceptors (Lipinski definition) is 4. The molecule has 2 aromatic rings. The van der Waals surface area contributed by atoms with Crippen LogP contribution >= 0.6 is 0 Å². The maximum Gasteiger partial charge on any atom is 0.408 e. The predicted octanol–water partition coefficient (Wildman–Crippen LogP) is 3.45. The number of carbonyl (C=O) groups excluding carboxylic acids is 3. The Morgan fingerprint density at radius 3 is 2.03 bits per heavy atom. The van der Waals surface area contributed by atoms with E-state index in [1.54, 1.807) is 13.8 Å². The van der Waals surface area contributed by atoms with Crippen LogP contribution in [0.4, 0.5) is 4.79 Å². The van der Waals surface area contributed by atoms with Gasteiger partial charge in [0.25, 0.3) is 0 Å². The Morgan fingerprint density at radius 1 is 0.909 bits per heavy atom. The number of ether oxygens (including phenoxy) is 1. The van der Waals surface area contributed by atoms with Gasteiger partial charge in [-0.2, -0.15) is 0 Å². The summed E-state index contributed by atoms with van der Waals surface area (Å²) in [5, 5.41) is 5.28. The van der Waals surface area contributed by atoms with E-state index in [-0.39, 0.29) is 24.4 Å². The van der Waals surface area contributed by atoms with Gasteiger partial charge in [0.15, 0.2) is 0 Å². The molecule has 0 aliphatic rings. The van der Waals surface area contributed by atoms with E-state index >= 15 is 0 Å². The van der Waals surface area contributed by atoms with Crippen molar-refractivity contribution < 1.29 is 19.1 Å². The number of hydrogen-bond donors (Lipinski definition) is 3. The fourth-order valence-corrected chi connectivity index (χ4v) is 3.29. The Bertz CT molecular complexity index is 934. The second-order valence-electron chi connectivity index (χ2n) is 9.54. The molecule has 0 aromatic heterocycles. The van der Waals surface area contributed by atoms with Crippen LogP contribution in [0.25, 0.3) is 0 Å². The molecule has 7 nitrogen and oxygen atoms in total. The van der Waals surface area contributed by atoms with Crippen LogP contribution < -0.4 is 16.4 Å². The number of nitrogens with two attached hydrogens (primary N) is 1. The molecule has 4 N–H and O–H groups in total. The van der Waals surface area contributed by atoms with Crippen molar-refractivity contribution in [3.8, 4) is 0 Å². The molecular weight excluding hydrogens is 418 g/mol. The molecule has 3 amide bonds. The minimum atomic E-state index is -0.902. The second kappa shape index (κ2) is 11.5. The zero-order chi connectivity index (χ0) is 24.6. The topological polar surface area (TPSA) is 111 Å². The van der Waals surface area contributed by atoms with Crippen molar-refractivity contribution in [2.24, 2.45) is 11.7 Å². The van der Waals surface area contributed by atoms with Gasteiger partial charge < -0.3 is 21.1 Å². The molecule has 2 atom stereocenters. The molecule has 0 unspecified atom stereocenters. The summed E-state index contributed by atoms with van der Waals surface area (Å²) in [5.41, 5.74) is 8.46. The monoisotopic (exact) mass is 453 g/mol. The molecule has 0 spiro atoms. The highest BCUT2D eigenvalue weighted by atomic mass is 16.5. The molecule has 0 aliphatic heterocycles. The van der Waals surface area contributed by atoms with Crippen molar-refractivity contribution >= 4 is 17.9 Å². The molecule has 33 heavy (non-hydrogen) atoms. The standard InChI is InChI=1S/C26H35N3O4/c1-17(2)22(29-25(32)33-16-19-9-7-6-8-10-19)24(31)28-21(23(27)30)15-18-11-13-20(14-12-18)26(3,4)5/h6-14,17,21-22H,15-16H2,1-5H3,(H2,27,30)(H,28,31)(H,29,32)/t21-,22-/m0/s1. The quantitative estimate of drug-likeness (QED) is 0.540. The van der Waals surface area contributed by atoms with Crippen molar-refractivity contribution in [2.75, 3.05) is 0 Å². The van der Waals surface area contributed by atoms with Crippen molar-refractivity contribution in [3.05, 3.63) is 71.3 Å². The minimum Gasteiger partial charge on any atom is -0.445 e. The molecule has 0 bridgehead atoms. The Balaban J connectivity index is 2.00. The van der Waals surface area contributed by atoms with Gasteiger partial charge in [-0.25, -0.2) is 4.79 Å². The first-order valence-electron chi connectivity index (χ1n) is 11.1. The Morgan fingerprint density at radius 2 is 1.52 bits per heavy atom. The summed E-state index contributed by atoms with van der Waals surface area (Å²) >= 11 is 0. The maximum atomic E-state index is 12.9.